The lowest BCUT2D eigenvalue weighted by molar-refractivity contribution is 0.104. The van der Waals surface area contributed by atoms with Crippen LogP contribution in [0.25, 0.3) is 10.9 Å². The number of aromatic nitrogens is 1. The molecule has 0 aliphatic rings. The number of aryl methyl sites for hydroxylation is 1. The molecule has 3 rings (SSSR count). The van der Waals surface area contributed by atoms with Crippen LogP contribution in [0, 0.1) is 6.92 Å². The van der Waals surface area contributed by atoms with Gasteiger partial charge in [0.05, 0.1) is 0 Å². The predicted molar refractivity (Wildman–Crippen MR) is 77.9 cm³/mol. The van der Waals surface area contributed by atoms with Gasteiger partial charge in [-0.05, 0) is 24.6 Å². The highest BCUT2D eigenvalue weighted by Gasteiger charge is 2.15. The molecule has 3 aromatic rings. The van der Waals surface area contributed by atoms with E-state index in [0.29, 0.717) is 10.6 Å². The van der Waals surface area contributed by atoms with E-state index in [0.717, 1.165) is 22.0 Å². The Kier molecular flexibility index (Phi) is 2.88. The number of H-pyrrole nitrogens is 1. The fourth-order valence-corrected chi connectivity index (χ4v) is 2.43. The molecule has 0 bridgehead atoms. The van der Waals surface area contributed by atoms with Crippen molar-refractivity contribution in [2.24, 2.45) is 0 Å². The molecule has 0 saturated carbocycles. The van der Waals surface area contributed by atoms with Crippen LogP contribution in [0.1, 0.15) is 21.5 Å². The van der Waals surface area contributed by atoms with Crippen LogP contribution in [-0.4, -0.2) is 10.8 Å². The number of rotatable bonds is 2. The van der Waals surface area contributed by atoms with Crippen molar-refractivity contribution < 1.29 is 4.79 Å². The van der Waals surface area contributed by atoms with Gasteiger partial charge in [0.15, 0.2) is 5.78 Å². The maximum atomic E-state index is 12.6. The molecular formula is C16H12ClNO. The number of carbonyl (C=O) groups excluding carboxylic acids is 1. The summed E-state index contributed by atoms with van der Waals surface area (Å²) in [6.07, 6.45) is 1.75. The van der Waals surface area contributed by atoms with Gasteiger partial charge in [0.2, 0.25) is 0 Å². The zero-order valence-corrected chi connectivity index (χ0v) is 11.2. The molecule has 2 aromatic carbocycles. The molecule has 1 aromatic heterocycles. The van der Waals surface area contributed by atoms with E-state index in [1.54, 1.807) is 12.3 Å². The average molecular weight is 270 g/mol. The second-order valence-corrected chi connectivity index (χ2v) is 4.97. The van der Waals surface area contributed by atoms with Gasteiger partial charge in [0.1, 0.15) is 0 Å². The fourth-order valence-electron chi connectivity index (χ4n) is 2.26. The number of aromatic amines is 1. The fraction of sp³-hybridized carbons (Fsp3) is 0.0625. The molecule has 0 atom stereocenters. The van der Waals surface area contributed by atoms with Crippen molar-refractivity contribution in [3.63, 3.8) is 0 Å². The Morgan fingerprint density at radius 1 is 1.11 bits per heavy atom. The normalized spacial score (nSPS) is 10.8. The SMILES string of the molecule is Cc1ccccc1C(=O)c1c[nH]c2cc(Cl)ccc12. The maximum absolute atomic E-state index is 12.6. The minimum Gasteiger partial charge on any atom is -0.360 e. The number of carbonyl (C=O) groups is 1. The number of halogens is 1. The van der Waals surface area contributed by atoms with Crippen molar-refractivity contribution in [3.8, 4) is 0 Å². The third-order valence-corrected chi connectivity index (χ3v) is 3.51. The second kappa shape index (κ2) is 4.56. The van der Waals surface area contributed by atoms with Crippen molar-refractivity contribution >= 4 is 28.3 Å². The minimum absolute atomic E-state index is 0.0340. The molecule has 1 N–H and O–H groups in total. The first-order chi connectivity index (χ1) is 9.16. The Bertz CT molecular complexity index is 773. The van der Waals surface area contributed by atoms with Crippen LogP contribution in [0.3, 0.4) is 0 Å². The average Bonchev–Trinajstić information content (AvgIpc) is 2.81. The van der Waals surface area contributed by atoms with Gasteiger partial charge >= 0.3 is 0 Å². The summed E-state index contributed by atoms with van der Waals surface area (Å²) in [5, 5.41) is 1.56. The van der Waals surface area contributed by atoms with E-state index in [1.165, 1.54) is 0 Å². The zero-order chi connectivity index (χ0) is 13.4. The van der Waals surface area contributed by atoms with Crippen LogP contribution < -0.4 is 0 Å². The Labute approximate surface area is 116 Å². The number of fused-ring (bicyclic) bond motifs is 1. The first kappa shape index (κ1) is 12.0. The van der Waals surface area contributed by atoms with Crippen LogP contribution in [0.2, 0.25) is 5.02 Å². The van der Waals surface area contributed by atoms with Crippen molar-refractivity contribution in [2.75, 3.05) is 0 Å². The first-order valence-corrected chi connectivity index (χ1v) is 6.41. The van der Waals surface area contributed by atoms with Crippen molar-refractivity contribution in [1.29, 1.82) is 0 Å². The summed E-state index contributed by atoms with van der Waals surface area (Å²) in [4.78, 5) is 15.7. The monoisotopic (exact) mass is 269 g/mol. The molecular weight excluding hydrogens is 258 g/mol. The minimum atomic E-state index is 0.0340. The molecule has 19 heavy (non-hydrogen) atoms. The number of ketones is 1. The van der Waals surface area contributed by atoms with Crippen molar-refractivity contribution in [1.82, 2.24) is 4.98 Å². The Morgan fingerprint density at radius 2 is 1.89 bits per heavy atom. The molecule has 0 aliphatic carbocycles. The van der Waals surface area contributed by atoms with E-state index >= 15 is 0 Å². The lowest BCUT2D eigenvalue weighted by Crippen LogP contribution is -2.02. The largest absolute Gasteiger partial charge is 0.360 e. The van der Waals surface area contributed by atoms with Crippen molar-refractivity contribution in [2.45, 2.75) is 6.92 Å². The summed E-state index contributed by atoms with van der Waals surface area (Å²) in [6, 6.07) is 13.1. The highest BCUT2D eigenvalue weighted by molar-refractivity contribution is 6.31. The third kappa shape index (κ3) is 2.04. The first-order valence-electron chi connectivity index (χ1n) is 6.04. The summed E-state index contributed by atoms with van der Waals surface area (Å²) in [6.45, 7) is 1.94. The topological polar surface area (TPSA) is 32.9 Å². The quantitative estimate of drug-likeness (QED) is 0.689. The second-order valence-electron chi connectivity index (χ2n) is 4.54. The van der Waals surface area contributed by atoms with Gasteiger partial charge in [-0.2, -0.15) is 0 Å². The summed E-state index contributed by atoms with van der Waals surface area (Å²) < 4.78 is 0. The summed E-state index contributed by atoms with van der Waals surface area (Å²) in [5.41, 5.74) is 3.28. The molecule has 0 radical (unpaired) electrons. The summed E-state index contributed by atoms with van der Waals surface area (Å²) in [5.74, 6) is 0.0340. The van der Waals surface area contributed by atoms with Crippen LogP contribution >= 0.6 is 11.6 Å². The molecule has 1 heterocycles. The molecule has 94 valence electrons. The van der Waals surface area contributed by atoms with Crippen LogP contribution in [0.15, 0.2) is 48.7 Å². The summed E-state index contributed by atoms with van der Waals surface area (Å²) in [7, 11) is 0. The number of nitrogens with one attached hydrogen (secondary N) is 1. The van der Waals surface area contributed by atoms with Gasteiger partial charge in [-0.15, -0.1) is 0 Å². The number of hydrogen-bond donors (Lipinski definition) is 1. The summed E-state index contributed by atoms with van der Waals surface area (Å²) >= 11 is 5.94. The maximum Gasteiger partial charge on any atom is 0.195 e. The molecule has 0 unspecified atom stereocenters. The van der Waals surface area contributed by atoms with E-state index in [2.05, 4.69) is 4.98 Å². The molecule has 0 saturated heterocycles. The molecule has 3 heteroatoms. The Hall–Kier alpha value is -2.06. The van der Waals surface area contributed by atoms with Gasteiger partial charge in [-0.25, -0.2) is 0 Å². The van der Waals surface area contributed by atoms with Crippen LogP contribution in [0.5, 0.6) is 0 Å². The number of hydrogen-bond acceptors (Lipinski definition) is 1. The molecule has 0 fully saturated rings. The van der Waals surface area contributed by atoms with E-state index in [1.807, 2.05) is 43.3 Å². The molecule has 2 nitrogen and oxygen atoms in total. The number of benzene rings is 2. The van der Waals surface area contributed by atoms with Gasteiger partial charge < -0.3 is 4.98 Å². The van der Waals surface area contributed by atoms with Gasteiger partial charge in [0, 0.05) is 33.2 Å². The molecule has 0 aliphatic heterocycles. The standard InChI is InChI=1S/C16H12ClNO/c1-10-4-2-3-5-12(10)16(19)14-9-18-15-8-11(17)6-7-13(14)15/h2-9,18H,1H3. The van der Waals surface area contributed by atoms with E-state index in [9.17, 15) is 4.79 Å². The Balaban J connectivity index is 2.15. The molecule has 0 amide bonds. The third-order valence-electron chi connectivity index (χ3n) is 3.28. The highest BCUT2D eigenvalue weighted by Crippen LogP contribution is 2.24. The smallest absolute Gasteiger partial charge is 0.195 e. The lowest BCUT2D eigenvalue weighted by Gasteiger charge is -2.03. The Morgan fingerprint density at radius 3 is 2.68 bits per heavy atom. The highest BCUT2D eigenvalue weighted by atomic mass is 35.5. The zero-order valence-electron chi connectivity index (χ0n) is 10.4. The van der Waals surface area contributed by atoms with Crippen LogP contribution in [-0.2, 0) is 0 Å². The lowest BCUT2D eigenvalue weighted by atomic mass is 9.99. The van der Waals surface area contributed by atoms with Gasteiger partial charge in [0.25, 0.3) is 0 Å². The van der Waals surface area contributed by atoms with Gasteiger partial charge in [-0.3, -0.25) is 4.79 Å². The van der Waals surface area contributed by atoms with E-state index < -0.39 is 0 Å². The predicted octanol–water partition coefficient (Wildman–Crippen LogP) is 4.36. The van der Waals surface area contributed by atoms with E-state index in [-0.39, 0.29) is 5.78 Å². The van der Waals surface area contributed by atoms with Gasteiger partial charge in [-0.1, -0.05) is 41.9 Å². The molecule has 0 spiro atoms. The van der Waals surface area contributed by atoms with Crippen LogP contribution in [0.4, 0.5) is 0 Å². The van der Waals surface area contributed by atoms with E-state index in [4.69, 9.17) is 11.6 Å². The van der Waals surface area contributed by atoms with Crippen molar-refractivity contribution in [3.05, 3.63) is 70.4 Å².